The van der Waals surface area contributed by atoms with E-state index in [-0.39, 0.29) is 6.10 Å². The van der Waals surface area contributed by atoms with E-state index in [0.717, 1.165) is 50.9 Å². The number of H-pyrrole nitrogens is 1. The number of hydrogen-bond acceptors (Lipinski definition) is 7. The molecule has 0 amide bonds. The van der Waals surface area contributed by atoms with Gasteiger partial charge in [-0.1, -0.05) is 0 Å². The normalized spacial score (nSPS) is 27.0. The first-order valence-electron chi connectivity index (χ1n) is 9.69. The lowest BCUT2D eigenvalue weighted by Crippen LogP contribution is -2.35. The predicted octanol–water partition coefficient (Wildman–Crippen LogP) is 2.43. The molecule has 4 rings (SSSR count). The fourth-order valence-electron chi connectivity index (χ4n) is 3.97. The first kappa shape index (κ1) is 18.2. The van der Waals surface area contributed by atoms with Gasteiger partial charge < -0.3 is 20.1 Å². The van der Waals surface area contributed by atoms with Crippen molar-refractivity contribution in [3.8, 4) is 5.88 Å². The molecule has 2 atom stereocenters. The van der Waals surface area contributed by atoms with Gasteiger partial charge in [0, 0.05) is 30.8 Å². The summed E-state index contributed by atoms with van der Waals surface area (Å²) < 4.78 is 6.00. The van der Waals surface area contributed by atoms with Crippen LogP contribution in [-0.4, -0.2) is 62.0 Å². The summed E-state index contributed by atoms with van der Waals surface area (Å²) in [6.07, 6.45) is 8.06. The lowest BCUT2D eigenvalue weighted by Gasteiger charge is -2.28. The van der Waals surface area contributed by atoms with Crippen LogP contribution in [0.2, 0.25) is 0 Å². The fraction of sp³-hybridized carbons (Fsp3) is 0.632. The van der Waals surface area contributed by atoms with E-state index in [4.69, 9.17) is 4.74 Å². The van der Waals surface area contributed by atoms with E-state index in [1.54, 1.807) is 12.4 Å². The summed E-state index contributed by atoms with van der Waals surface area (Å²) in [7, 11) is 2.13. The Morgan fingerprint density at radius 2 is 2.07 bits per heavy atom. The van der Waals surface area contributed by atoms with E-state index in [1.165, 1.54) is 0 Å². The Labute approximate surface area is 159 Å². The molecule has 1 aliphatic heterocycles. The number of aromatic nitrogens is 4. The molecule has 0 spiro atoms. The second kappa shape index (κ2) is 7.44. The third kappa shape index (κ3) is 4.56. The molecule has 2 aromatic rings. The number of aromatic amines is 1. The van der Waals surface area contributed by atoms with Gasteiger partial charge in [0.1, 0.15) is 6.10 Å². The number of likely N-dealkylation sites (tertiary alicyclic amines) is 1. The van der Waals surface area contributed by atoms with Crippen molar-refractivity contribution in [2.45, 2.75) is 56.7 Å². The third-order valence-electron chi connectivity index (χ3n) is 5.58. The SMILES string of the molecule is CN1CCC(Oc2cncc(Nc3cc([C@@H]4CC[C@](C)(O)C4)[nH]n3)n2)CC1. The molecule has 2 aliphatic rings. The smallest absolute Gasteiger partial charge is 0.234 e. The van der Waals surface area contributed by atoms with E-state index in [2.05, 4.69) is 37.4 Å². The van der Waals surface area contributed by atoms with E-state index < -0.39 is 5.60 Å². The van der Waals surface area contributed by atoms with Crippen molar-refractivity contribution in [1.82, 2.24) is 25.1 Å². The Morgan fingerprint density at radius 1 is 1.26 bits per heavy atom. The van der Waals surface area contributed by atoms with Crippen LogP contribution < -0.4 is 10.1 Å². The molecule has 1 saturated heterocycles. The van der Waals surface area contributed by atoms with Gasteiger partial charge >= 0.3 is 0 Å². The van der Waals surface area contributed by atoms with Gasteiger partial charge in [0.25, 0.3) is 0 Å². The van der Waals surface area contributed by atoms with Crippen molar-refractivity contribution in [3.63, 3.8) is 0 Å². The average Bonchev–Trinajstić information content (AvgIpc) is 3.23. The van der Waals surface area contributed by atoms with Gasteiger partial charge in [0.2, 0.25) is 5.88 Å². The summed E-state index contributed by atoms with van der Waals surface area (Å²) in [6, 6.07) is 1.98. The minimum absolute atomic E-state index is 0.192. The monoisotopic (exact) mass is 372 g/mol. The summed E-state index contributed by atoms with van der Waals surface area (Å²) in [5, 5.41) is 20.8. The molecule has 1 aliphatic carbocycles. The van der Waals surface area contributed by atoms with Crippen LogP contribution in [0.1, 0.15) is 50.6 Å². The molecule has 3 heterocycles. The number of rotatable bonds is 5. The quantitative estimate of drug-likeness (QED) is 0.741. The van der Waals surface area contributed by atoms with Gasteiger partial charge in [-0.3, -0.25) is 10.1 Å². The van der Waals surface area contributed by atoms with Crippen LogP contribution in [-0.2, 0) is 0 Å². The lowest BCUT2D eigenvalue weighted by atomic mass is 10.0. The Morgan fingerprint density at radius 3 is 2.81 bits per heavy atom. The highest BCUT2D eigenvalue weighted by molar-refractivity contribution is 5.51. The van der Waals surface area contributed by atoms with Crippen LogP contribution >= 0.6 is 0 Å². The molecular formula is C19H28N6O2. The first-order chi connectivity index (χ1) is 13.0. The van der Waals surface area contributed by atoms with E-state index in [1.807, 2.05) is 13.0 Å². The standard InChI is InChI=1S/C19H28N6O2/c1-19(26)6-3-13(10-19)15-9-16(24-23-15)21-17-11-20-12-18(22-17)27-14-4-7-25(2)8-5-14/h9,11-14,26H,3-8,10H2,1-2H3,(H2,21,22,23,24)/t13-,19+/m1/s1. The van der Waals surface area contributed by atoms with Crippen molar-refractivity contribution in [2.24, 2.45) is 0 Å². The zero-order valence-corrected chi connectivity index (χ0v) is 16.0. The number of piperidine rings is 1. The second-order valence-corrected chi connectivity index (χ2v) is 8.13. The van der Waals surface area contributed by atoms with Gasteiger partial charge in [0.15, 0.2) is 11.6 Å². The minimum Gasteiger partial charge on any atom is -0.473 e. The molecule has 146 valence electrons. The molecule has 0 bridgehead atoms. The van der Waals surface area contributed by atoms with Crippen LogP contribution in [0.4, 0.5) is 11.6 Å². The van der Waals surface area contributed by atoms with Gasteiger partial charge in [0.05, 0.1) is 18.0 Å². The van der Waals surface area contributed by atoms with Gasteiger partial charge in [-0.2, -0.15) is 10.1 Å². The summed E-state index contributed by atoms with van der Waals surface area (Å²) in [5.41, 5.74) is 0.469. The topological polar surface area (TPSA) is 99.2 Å². The Balaban J connectivity index is 1.37. The third-order valence-corrected chi connectivity index (χ3v) is 5.58. The number of anilines is 2. The molecule has 27 heavy (non-hydrogen) atoms. The number of nitrogens with zero attached hydrogens (tertiary/aromatic N) is 4. The van der Waals surface area contributed by atoms with Crippen LogP contribution in [0.25, 0.3) is 0 Å². The molecule has 1 saturated carbocycles. The van der Waals surface area contributed by atoms with Crippen LogP contribution in [0, 0.1) is 0 Å². The molecule has 8 heteroatoms. The number of nitrogens with one attached hydrogen (secondary N) is 2. The first-order valence-corrected chi connectivity index (χ1v) is 9.69. The lowest BCUT2D eigenvalue weighted by molar-refractivity contribution is 0.0664. The largest absolute Gasteiger partial charge is 0.473 e. The molecule has 0 aromatic carbocycles. The summed E-state index contributed by atoms with van der Waals surface area (Å²) in [6.45, 7) is 3.98. The molecular weight excluding hydrogens is 344 g/mol. The highest BCUT2D eigenvalue weighted by Gasteiger charge is 2.34. The molecule has 8 nitrogen and oxygen atoms in total. The van der Waals surface area contributed by atoms with Crippen molar-refractivity contribution in [1.29, 1.82) is 0 Å². The zero-order chi connectivity index (χ0) is 18.9. The molecule has 3 N–H and O–H groups in total. The summed E-state index contributed by atoms with van der Waals surface area (Å²) >= 11 is 0. The van der Waals surface area contributed by atoms with Crippen LogP contribution in [0.3, 0.4) is 0 Å². The summed E-state index contributed by atoms with van der Waals surface area (Å²) in [4.78, 5) is 11.0. The Kier molecular flexibility index (Phi) is 5.01. The minimum atomic E-state index is -0.575. The predicted molar refractivity (Wildman–Crippen MR) is 102 cm³/mol. The van der Waals surface area contributed by atoms with Crippen LogP contribution in [0.15, 0.2) is 18.5 Å². The van der Waals surface area contributed by atoms with Gasteiger partial charge in [-0.25, -0.2) is 0 Å². The zero-order valence-electron chi connectivity index (χ0n) is 16.0. The molecule has 2 fully saturated rings. The molecule has 0 radical (unpaired) electrons. The van der Waals surface area contributed by atoms with E-state index >= 15 is 0 Å². The molecule has 2 aromatic heterocycles. The Hall–Kier alpha value is -2.19. The fourth-order valence-corrected chi connectivity index (χ4v) is 3.97. The maximum absolute atomic E-state index is 10.2. The van der Waals surface area contributed by atoms with Crippen LogP contribution in [0.5, 0.6) is 5.88 Å². The van der Waals surface area contributed by atoms with Crippen molar-refractivity contribution in [3.05, 3.63) is 24.2 Å². The maximum atomic E-state index is 10.2. The van der Waals surface area contributed by atoms with Crippen molar-refractivity contribution in [2.75, 3.05) is 25.5 Å². The van der Waals surface area contributed by atoms with E-state index in [9.17, 15) is 5.11 Å². The maximum Gasteiger partial charge on any atom is 0.234 e. The number of ether oxygens (including phenoxy) is 1. The number of aliphatic hydroxyl groups is 1. The highest BCUT2D eigenvalue weighted by atomic mass is 16.5. The average molecular weight is 372 g/mol. The molecule has 0 unspecified atom stereocenters. The van der Waals surface area contributed by atoms with Gasteiger partial charge in [-0.05, 0) is 46.1 Å². The van der Waals surface area contributed by atoms with E-state index in [0.29, 0.717) is 23.4 Å². The van der Waals surface area contributed by atoms with Crippen molar-refractivity contribution >= 4 is 11.6 Å². The second-order valence-electron chi connectivity index (χ2n) is 8.13. The number of hydrogen-bond donors (Lipinski definition) is 3. The van der Waals surface area contributed by atoms with Crippen molar-refractivity contribution < 1.29 is 9.84 Å². The summed E-state index contributed by atoms with van der Waals surface area (Å²) in [5.74, 6) is 2.16. The van der Waals surface area contributed by atoms with Gasteiger partial charge in [-0.15, -0.1) is 0 Å². The Bertz CT molecular complexity index is 769. The highest BCUT2D eigenvalue weighted by Crippen LogP contribution is 2.40.